The van der Waals surface area contributed by atoms with Gasteiger partial charge in [-0.05, 0) is 44.0 Å². The van der Waals surface area contributed by atoms with E-state index in [0.29, 0.717) is 4.90 Å². The number of nitrogens with one attached hydrogen (secondary N) is 1. The summed E-state index contributed by atoms with van der Waals surface area (Å²) >= 11 is 0. The van der Waals surface area contributed by atoms with E-state index in [1.165, 1.54) is 4.31 Å². The standard InChI is InChI=1S/C16H28N2O2S/c1-12(17-6)14-9-8-10-15(11-14)21(19,20)18(7)13(2)16(3,4)5/h8-13,17H,1-7H3. The highest BCUT2D eigenvalue weighted by atomic mass is 32.2. The number of nitrogens with zero attached hydrogens (tertiary/aromatic N) is 1. The number of benzene rings is 1. The number of sulfonamides is 1. The van der Waals surface area contributed by atoms with Crippen LogP contribution in [0, 0.1) is 5.41 Å². The smallest absolute Gasteiger partial charge is 0.243 e. The normalized spacial score (nSPS) is 16.0. The molecule has 4 nitrogen and oxygen atoms in total. The summed E-state index contributed by atoms with van der Waals surface area (Å²) in [6.45, 7) is 10.1. The van der Waals surface area contributed by atoms with Gasteiger partial charge in [-0.15, -0.1) is 0 Å². The molecule has 0 aromatic heterocycles. The lowest BCUT2D eigenvalue weighted by molar-refractivity contribution is 0.216. The summed E-state index contributed by atoms with van der Waals surface area (Å²) in [6.07, 6.45) is 0. The Bertz CT molecular complexity index is 576. The van der Waals surface area contributed by atoms with Gasteiger partial charge < -0.3 is 5.32 Å². The lowest BCUT2D eigenvalue weighted by Crippen LogP contribution is -2.42. The second-order valence-corrected chi connectivity index (χ2v) is 8.64. The van der Waals surface area contributed by atoms with E-state index in [1.807, 2.05) is 47.7 Å². The van der Waals surface area contributed by atoms with Crippen molar-refractivity contribution in [2.24, 2.45) is 5.41 Å². The Balaban J connectivity index is 3.19. The summed E-state index contributed by atoms with van der Waals surface area (Å²) in [5.74, 6) is 0. The van der Waals surface area contributed by atoms with Gasteiger partial charge in [0.1, 0.15) is 0 Å². The Kier molecular flexibility index (Phi) is 5.58. The summed E-state index contributed by atoms with van der Waals surface area (Å²) < 4.78 is 27.0. The molecule has 2 atom stereocenters. The zero-order valence-electron chi connectivity index (χ0n) is 14.1. The zero-order chi connectivity index (χ0) is 16.4. The Labute approximate surface area is 129 Å². The lowest BCUT2D eigenvalue weighted by atomic mass is 9.88. The minimum atomic E-state index is -3.48. The van der Waals surface area contributed by atoms with Crippen molar-refractivity contribution in [3.05, 3.63) is 29.8 Å². The molecule has 0 spiro atoms. The number of hydrogen-bond donors (Lipinski definition) is 1. The van der Waals surface area contributed by atoms with Crippen molar-refractivity contribution >= 4 is 10.0 Å². The average molecular weight is 312 g/mol. The second kappa shape index (κ2) is 6.46. The van der Waals surface area contributed by atoms with Crippen molar-refractivity contribution < 1.29 is 8.42 Å². The average Bonchev–Trinajstić information content (AvgIpc) is 2.43. The third-order valence-corrected chi connectivity index (χ3v) is 6.19. The van der Waals surface area contributed by atoms with Gasteiger partial charge in [0.15, 0.2) is 0 Å². The minimum Gasteiger partial charge on any atom is -0.313 e. The Morgan fingerprint density at radius 3 is 2.24 bits per heavy atom. The zero-order valence-corrected chi connectivity index (χ0v) is 15.0. The van der Waals surface area contributed by atoms with Gasteiger partial charge in [0.25, 0.3) is 0 Å². The van der Waals surface area contributed by atoms with Crippen LogP contribution >= 0.6 is 0 Å². The van der Waals surface area contributed by atoms with Gasteiger partial charge in [-0.2, -0.15) is 4.31 Å². The summed E-state index contributed by atoms with van der Waals surface area (Å²) in [5.41, 5.74) is 0.855. The maximum absolute atomic E-state index is 12.8. The molecule has 0 fully saturated rings. The van der Waals surface area contributed by atoms with E-state index in [9.17, 15) is 8.42 Å². The van der Waals surface area contributed by atoms with E-state index >= 15 is 0 Å². The van der Waals surface area contributed by atoms with Crippen LogP contribution in [0.1, 0.15) is 46.2 Å². The Morgan fingerprint density at radius 2 is 1.76 bits per heavy atom. The molecular weight excluding hydrogens is 284 g/mol. The van der Waals surface area contributed by atoms with Crippen LogP contribution in [0.25, 0.3) is 0 Å². The Morgan fingerprint density at radius 1 is 1.19 bits per heavy atom. The quantitative estimate of drug-likeness (QED) is 0.909. The highest BCUT2D eigenvalue weighted by Crippen LogP contribution is 2.28. The van der Waals surface area contributed by atoms with Crippen LogP contribution < -0.4 is 5.32 Å². The lowest BCUT2D eigenvalue weighted by Gasteiger charge is -2.34. The first-order valence-corrected chi connectivity index (χ1v) is 8.71. The topological polar surface area (TPSA) is 49.4 Å². The summed E-state index contributed by atoms with van der Waals surface area (Å²) in [4.78, 5) is 0.348. The molecule has 0 aliphatic rings. The molecule has 0 saturated carbocycles. The van der Waals surface area contributed by atoms with E-state index in [4.69, 9.17) is 0 Å². The van der Waals surface area contributed by atoms with Gasteiger partial charge in [-0.3, -0.25) is 0 Å². The molecule has 1 aromatic carbocycles. The van der Waals surface area contributed by atoms with Crippen molar-refractivity contribution in [1.82, 2.24) is 9.62 Å². The van der Waals surface area contributed by atoms with Crippen LogP contribution in [0.15, 0.2) is 29.2 Å². The SMILES string of the molecule is CNC(C)c1cccc(S(=O)(=O)N(C)C(C)C(C)(C)C)c1. The van der Waals surface area contributed by atoms with Crippen LogP contribution in [0.2, 0.25) is 0 Å². The fraction of sp³-hybridized carbons (Fsp3) is 0.625. The van der Waals surface area contributed by atoms with E-state index in [-0.39, 0.29) is 17.5 Å². The molecule has 0 radical (unpaired) electrons. The van der Waals surface area contributed by atoms with Crippen molar-refractivity contribution in [3.63, 3.8) is 0 Å². The molecular formula is C16H28N2O2S. The summed E-state index contributed by atoms with van der Waals surface area (Å²) in [7, 11) is 0.0329. The highest BCUT2D eigenvalue weighted by Gasteiger charge is 2.32. The van der Waals surface area contributed by atoms with E-state index in [2.05, 4.69) is 5.32 Å². The molecule has 120 valence electrons. The third kappa shape index (κ3) is 4.05. The fourth-order valence-corrected chi connectivity index (χ4v) is 3.63. The molecule has 2 unspecified atom stereocenters. The highest BCUT2D eigenvalue weighted by molar-refractivity contribution is 7.89. The summed E-state index contributed by atoms with van der Waals surface area (Å²) in [6, 6.07) is 7.17. The molecule has 0 heterocycles. The van der Waals surface area contributed by atoms with E-state index < -0.39 is 10.0 Å². The molecule has 5 heteroatoms. The van der Waals surface area contributed by atoms with Gasteiger partial charge in [0.2, 0.25) is 10.0 Å². The molecule has 0 saturated heterocycles. The van der Waals surface area contributed by atoms with Crippen molar-refractivity contribution in [2.45, 2.75) is 51.6 Å². The molecule has 0 amide bonds. The van der Waals surface area contributed by atoms with Crippen molar-refractivity contribution in [3.8, 4) is 0 Å². The first kappa shape index (κ1) is 18.1. The van der Waals surface area contributed by atoms with Crippen LogP contribution in [-0.2, 0) is 10.0 Å². The molecule has 0 bridgehead atoms. The van der Waals surface area contributed by atoms with E-state index in [1.54, 1.807) is 25.2 Å². The first-order valence-electron chi connectivity index (χ1n) is 7.27. The largest absolute Gasteiger partial charge is 0.313 e. The molecule has 1 aromatic rings. The van der Waals surface area contributed by atoms with Crippen molar-refractivity contribution in [2.75, 3.05) is 14.1 Å². The maximum Gasteiger partial charge on any atom is 0.243 e. The number of rotatable bonds is 5. The van der Waals surface area contributed by atoms with Crippen molar-refractivity contribution in [1.29, 1.82) is 0 Å². The predicted octanol–water partition coefficient (Wildman–Crippen LogP) is 3.02. The molecule has 1 N–H and O–H groups in total. The van der Waals surface area contributed by atoms with Crippen LogP contribution in [0.5, 0.6) is 0 Å². The number of hydrogen-bond acceptors (Lipinski definition) is 3. The maximum atomic E-state index is 12.8. The third-order valence-electron chi connectivity index (χ3n) is 4.27. The Hall–Kier alpha value is -0.910. The fourth-order valence-electron chi connectivity index (χ4n) is 2.03. The van der Waals surface area contributed by atoms with Crippen LogP contribution in [-0.4, -0.2) is 32.9 Å². The van der Waals surface area contributed by atoms with Gasteiger partial charge in [0.05, 0.1) is 4.90 Å². The second-order valence-electron chi connectivity index (χ2n) is 6.65. The van der Waals surface area contributed by atoms with Gasteiger partial charge in [-0.25, -0.2) is 8.42 Å². The van der Waals surface area contributed by atoms with Gasteiger partial charge in [0, 0.05) is 19.1 Å². The minimum absolute atomic E-state index is 0.0899. The molecule has 0 aliphatic heterocycles. The molecule has 0 aliphatic carbocycles. The molecule has 21 heavy (non-hydrogen) atoms. The van der Waals surface area contributed by atoms with Crippen LogP contribution in [0.3, 0.4) is 0 Å². The molecule has 1 rings (SSSR count). The summed E-state index contributed by atoms with van der Waals surface area (Å²) in [5, 5.41) is 3.13. The van der Waals surface area contributed by atoms with Gasteiger partial charge in [-0.1, -0.05) is 32.9 Å². The van der Waals surface area contributed by atoms with Crippen LogP contribution in [0.4, 0.5) is 0 Å². The van der Waals surface area contributed by atoms with E-state index in [0.717, 1.165) is 5.56 Å². The predicted molar refractivity (Wildman–Crippen MR) is 87.8 cm³/mol. The monoisotopic (exact) mass is 312 g/mol. The van der Waals surface area contributed by atoms with Gasteiger partial charge >= 0.3 is 0 Å². The first-order chi connectivity index (χ1) is 9.51.